The van der Waals surface area contributed by atoms with Crippen molar-refractivity contribution in [2.24, 2.45) is 0 Å². The Bertz CT molecular complexity index is 1060. The van der Waals surface area contributed by atoms with Crippen molar-refractivity contribution in [1.82, 2.24) is 19.3 Å². The van der Waals surface area contributed by atoms with E-state index in [9.17, 15) is 14.4 Å². The van der Waals surface area contributed by atoms with Crippen molar-refractivity contribution < 1.29 is 9.59 Å². The Hall–Kier alpha value is -2.93. The Morgan fingerprint density at radius 3 is 2.50 bits per heavy atom. The summed E-state index contributed by atoms with van der Waals surface area (Å²) < 4.78 is 1.67. The molecule has 1 aromatic heterocycles. The average Bonchev–Trinajstić information content (AvgIpc) is 3.28. The minimum absolute atomic E-state index is 0.0129. The van der Waals surface area contributed by atoms with E-state index in [0.29, 0.717) is 57.2 Å². The monoisotopic (exact) mass is 436 g/mol. The number of hydrogen-bond donors (Lipinski definition) is 0. The van der Waals surface area contributed by atoms with Crippen molar-refractivity contribution in [3.63, 3.8) is 0 Å². The van der Waals surface area contributed by atoms with Crippen LogP contribution >= 0.6 is 0 Å². The first-order valence-corrected chi connectivity index (χ1v) is 11.4. The van der Waals surface area contributed by atoms with Crippen LogP contribution in [0.3, 0.4) is 0 Å². The van der Waals surface area contributed by atoms with Crippen LogP contribution in [0.1, 0.15) is 40.4 Å². The smallest absolute Gasteiger partial charge is 0.263 e. The predicted molar refractivity (Wildman–Crippen MR) is 124 cm³/mol. The van der Waals surface area contributed by atoms with Gasteiger partial charge in [0.2, 0.25) is 5.91 Å². The van der Waals surface area contributed by atoms with Crippen LogP contribution in [0.4, 0.5) is 0 Å². The molecule has 32 heavy (non-hydrogen) atoms. The van der Waals surface area contributed by atoms with Crippen LogP contribution < -0.4 is 5.56 Å². The number of amides is 2. The van der Waals surface area contributed by atoms with Gasteiger partial charge in [-0.25, -0.2) is 0 Å². The second kappa shape index (κ2) is 9.28. The Morgan fingerprint density at radius 2 is 1.84 bits per heavy atom. The molecule has 2 aromatic rings. The molecule has 0 spiro atoms. The highest BCUT2D eigenvalue weighted by atomic mass is 16.2. The largest absolute Gasteiger partial charge is 0.338 e. The van der Waals surface area contributed by atoms with Gasteiger partial charge in [0, 0.05) is 51.9 Å². The average molecular weight is 437 g/mol. The predicted octanol–water partition coefficient (Wildman–Crippen LogP) is 1.77. The fourth-order valence-electron chi connectivity index (χ4n) is 4.77. The molecule has 0 radical (unpaired) electrons. The molecule has 1 aromatic carbocycles. The molecule has 0 aliphatic carbocycles. The summed E-state index contributed by atoms with van der Waals surface area (Å²) in [6.07, 6.45) is 4.01. The number of carbonyl (C=O) groups excluding carboxylic acids is 2. The first kappa shape index (κ1) is 22.3. The van der Waals surface area contributed by atoms with E-state index < -0.39 is 0 Å². The zero-order valence-electron chi connectivity index (χ0n) is 19.2. The number of aryl methyl sites for hydroxylation is 2. The van der Waals surface area contributed by atoms with Crippen LogP contribution in [0.25, 0.3) is 0 Å². The summed E-state index contributed by atoms with van der Waals surface area (Å²) in [6, 6.07) is 10.3. The van der Waals surface area contributed by atoms with E-state index in [2.05, 4.69) is 4.90 Å². The Kier molecular flexibility index (Phi) is 6.46. The van der Waals surface area contributed by atoms with Gasteiger partial charge in [0.25, 0.3) is 11.5 Å². The lowest BCUT2D eigenvalue weighted by molar-refractivity contribution is -0.129. The standard InChI is InChI=1S/C25H32N4O3/c1-18(30)27-14-11-22-20(15-27)16-28(12-9-19-7-5-4-6-8-19)24(31)23(22)25(32)29-13-10-21(17-29)26(2)3/h4-8,16,21H,9-15,17H2,1-3H3/t21-/m1/s1. The highest BCUT2D eigenvalue weighted by molar-refractivity contribution is 5.96. The molecule has 0 N–H and O–H groups in total. The molecule has 1 atom stereocenters. The number of aromatic nitrogens is 1. The van der Waals surface area contributed by atoms with E-state index in [1.54, 1.807) is 16.4 Å². The van der Waals surface area contributed by atoms with Crippen molar-refractivity contribution in [1.29, 1.82) is 0 Å². The normalized spacial score (nSPS) is 18.2. The fourth-order valence-corrected chi connectivity index (χ4v) is 4.77. The van der Waals surface area contributed by atoms with Gasteiger partial charge in [-0.05, 0) is 50.0 Å². The number of nitrogens with zero attached hydrogens (tertiary/aromatic N) is 4. The molecular weight excluding hydrogens is 404 g/mol. The van der Waals surface area contributed by atoms with Crippen molar-refractivity contribution in [3.8, 4) is 0 Å². The maximum atomic E-state index is 13.6. The summed E-state index contributed by atoms with van der Waals surface area (Å²) in [5.74, 6) is -0.153. The number of pyridine rings is 1. The number of likely N-dealkylation sites (N-methyl/N-ethyl adjacent to an activating group) is 1. The highest BCUT2D eigenvalue weighted by Gasteiger charge is 2.33. The lowest BCUT2D eigenvalue weighted by atomic mass is 9.95. The lowest BCUT2D eigenvalue weighted by Crippen LogP contribution is -2.42. The van der Waals surface area contributed by atoms with Gasteiger partial charge >= 0.3 is 0 Å². The van der Waals surface area contributed by atoms with E-state index in [-0.39, 0.29) is 17.4 Å². The number of hydrogen-bond acceptors (Lipinski definition) is 4. The summed E-state index contributed by atoms with van der Waals surface area (Å²) in [7, 11) is 4.05. The SMILES string of the molecule is CC(=O)N1CCc2c(cn(CCc3ccccc3)c(=O)c2C(=O)N2CC[C@@H](N(C)C)C2)C1. The molecule has 2 amide bonds. The zero-order chi connectivity index (χ0) is 22.8. The summed E-state index contributed by atoms with van der Waals surface area (Å²) in [6.45, 7) is 4.34. The summed E-state index contributed by atoms with van der Waals surface area (Å²) in [5, 5.41) is 0. The van der Waals surface area contributed by atoms with E-state index >= 15 is 0 Å². The molecule has 1 fully saturated rings. The van der Waals surface area contributed by atoms with E-state index in [4.69, 9.17) is 0 Å². The van der Waals surface area contributed by atoms with Gasteiger partial charge in [-0.3, -0.25) is 14.4 Å². The minimum Gasteiger partial charge on any atom is -0.338 e. The zero-order valence-corrected chi connectivity index (χ0v) is 19.2. The molecule has 2 aliphatic rings. The second-order valence-electron chi connectivity index (χ2n) is 9.09. The van der Waals surface area contributed by atoms with Gasteiger partial charge in [0.05, 0.1) is 0 Å². The number of benzene rings is 1. The molecule has 0 unspecified atom stereocenters. The van der Waals surface area contributed by atoms with Gasteiger partial charge < -0.3 is 19.3 Å². The fraction of sp³-hybridized carbons (Fsp3) is 0.480. The van der Waals surface area contributed by atoms with E-state index in [1.165, 1.54) is 0 Å². The van der Waals surface area contributed by atoms with Crippen molar-refractivity contribution in [2.75, 3.05) is 33.7 Å². The molecule has 2 aliphatic heterocycles. The van der Waals surface area contributed by atoms with Crippen molar-refractivity contribution >= 4 is 11.8 Å². The van der Waals surface area contributed by atoms with Crippen LogP contribution in [0, 0.1) is 0 Å². The number of likely N-dealkylation sites (tertiary alicyclic amines) is 1. The molecule has 7 heteroatoms. The molecule has 170 valence electrons. The first-order valence-electron chi connectivity index (χ1n) is 11.4. The topological polar surface area (TPSA) is 65.9 Å². The van der Waals surface area contributed by atoms with Crippen molar-refractivity contribution in [2.45, 2.75) is 45.3 Å². The maximum Gasteiger partial charge on any atom is 0.263 e. The maximum absolute atomic E-state index is 13.6. The van der Waals surface area contributed by atoms with Gasteiger partial charge in [-0.2, -0.15) is 0 Å². The minimum atomic E-state index is -0.214. The molecule has 0 saturated carbocycles. The quantitative estimate of drug-likeness (QED) is 0.717. The molecular formula is C25H32N4O3. The van der Waals surface area contributed by atoms with Crippen LogP contribution in [-0.4, -0.2) is 70.9 Å². The Morgan fingerprint density at radius 1 is 1.09 bits per heavy atom. The van der Waals surface area contributed by atoms with Crippen LogP contribution in [0.2, 0.25) is 0 Å². The summed E-state index contributed by atoms with van der Waals surface area (Å²) in [4.78, 5) is 44.8. The van der Waals surface area contributed by atoms with Gasteiger partial charge in [-0.15, -0.1) is 0 Å². The van der Waals surface area contributed by atoms with Crippen LogP contribution in [0.5, 0.6) is 0 Å². The number of fused-ring (bicyclic) bond motifs is 1. The third kappa shape index (κ3) is 4.48. The molecule has 3 heterocycles. The lowest BCUT2D eigenvalue weighted by Gasteiger charge is -2.30. The number of rotatable bonds is 5. The summed E-state index contributed by atoms with van der Waals surface area (Å²) in [5.41, 5.74) is 2.96. The van der Waals surface area contributed by atoms with Gasteiger partial charge in [0.15, 0.2) is 0 Å². The van der Waals surface area contributed by atoms with Gasteiger partial charge in [0.1, 0.15) is 5.56 Å². The van der Waals surface area contributed by atoms with E-state index in [0.717, 1.165) is 23.1 Å². The van der Waals surface area contributed by atoms with Crippen molar-refractivity contribution in [3.05, 3.63) is 69.1 Å². The first-order chi connectivity index (χ1) is 15.3. The van der Waals surface area contributed by atoms with E-state index in [1.807, 2.05) is 55.5 Å². The highest BCUT2D eigenvalue weighted by Crippen LogP contribution is 2.24. The van der Waals surface area contributed by atoms with Crippen LogP contribution in [-0.2, 0) is 30.7 Å². The third-order valence-electron chi connectivity index (χ3n) is 6.79. The second-order valence-corrected chi connectivity index (χ2v) is 9.09. The molecule has 7 nitrogen and oxygen atoms in total. The summed E-state index contributed by atoms with van der Waals surface area (Å²) >= 11 is 0. The molecule has 1 saturated heterocycles. The number of carbonyl (C=O) groups is 2. The Balaban J connectivity index is 1.69. The molecule has 4 rings (SSSR count). The van der Waals surface area contributed by atoms with Crippen LogP contribution in [0.15, 0.2) is 41.3 Å². The Labute approximate surface area is 189 Å². The molecule has 0 bridgehead atoms. The third-order valence-corrected chi connectivity index (χ3v) is 6.79. The van der Waals surface area contributed by atoms with Gasteiger partial charge in [-0.1, -0.05) is 30.3 Å².